The van der Waals surface area contributed by atoms with Crippen LogP contribution in [-0.2, 0) is 4.74 Å². The normalized spacial score (nSPS) is 11.1. The van der Waals surface area contributed by atoms with Crippen LogP contribution in [0.1, 0.15) is 34.6 Å². The molecule has 0 atom stereocenters. The van der Waals surface area contributed by atoms with E-state index in [0.717, 1.165) is 6.08 Å². The highest BCUT2D eigenvalue weighted by atomic mass is 16.5. The molecule has 1 rings (SSSR count). The van der Waals surface area contributed by atoms with Gasteiger partial charge in [-0.3, -0.25) is 4.79 Å². The van der Waals surface area contributed by atoms with Gasteiger partial charge < -0.3 is 9.84 Å². The number of rotatable bonds is 4. The van der Waals surface area contributed by atoms with Gasteiger partial charge in [-0.25, -0.2) is 4.79 Å². The van der Waals surface area contributed by atoms with E-state index in [4.69, 9.17) is 9.84 Å². The van der Waals surface area contributed by atoms with Gasteiger partial charge in [0.25, 0.3) is 0 Å². The number of ketones is 1. The lowest BCUT2D eigenvalue weighted by Gasteiger charge is -2.02. The molecule has 0 aliphatic rings. The van der Waals surface area contributed by atoms with E-state index >= 15 is 0 Å². The minimum atomic E-state index is -0.416. The highest BCUT2D eigenvalue weighted by molar-refractivity contribution is 6.05. The molecule has 0 radical (unpaired) electrons. The fourth-order valence-corrected chi connectivity index (χ4v) is 1.26. The minimum absolute atomic E-state index is 0.0514. The lowest BCUT2D eigenvalue weighted by molar-refractivity contribution is 0.0526. The van der Waals surface area contributed by atoms with E-state index in [1.807, 2.05) is 0 Å². The molecule has 0 bridgehead atoms. The van der Waals surface area contributed by atoms with Crippen molar-refractivity contribution in [3.8, 4) is 0 Å². The summed E-state index contributed by atoms with van der Waals surface area (Å²) in [7, 11) is 0. The second-order valence-electron chi connectivity index (χ2n) is 3.45. The maximum absolute atomic E-state index is 11.5. The van der Waals surface area contributed by atoms with Gasteiger partial charge in [-0.1, -0.05) is 12.1 Å². The van der Waals surface area contributed by atoms with E-state index in [-0.39, 0.29) is 11.5 Å². The van der Waals surface area contributed by atoms with Crippen molar-refractivity contribution in [1.82, 2.24) is 0 Å². The molecule has 17 heavy (non-hydrogen) atoms. The first-order valence-electron chi connectivity index (χ1n) is 5.23. The summed E-state index contributed by atoms with van der Waals surface area (Å²) in [6.45, 7) is 3.46. The van der Waals surface area contributed by atoms with E-state index < -0.39 is 5.97 Å². The maximum atomic E-state index is 11.5. The zero-order valence-electron chi connectivity index (χ0n) is 9.77. The molecular formula is C13H14O4. The molecule has 0 aliphatic heterocycles. The molecule has 1 aromatic rings. The summed E-state index contributed by atoms with van der Waals surface area (Å²) in [5, 5.41) is 8.96. The number of hydrogen-bond donors (Lipinski definition) is 1. The first kappa shape index (κ1) is 13.0. The topological polar surface area (TPSA) is 63.6 Å². The Bertz CT molecular complexity index is 439. The molecule has 0 spiro atoms. The van der Waals surface area contributed by atoms with Gasteiger partial charge >= 0.3 is 5.97 Å². The second kappa shape index (κ2) is 5.84. The third-order valence-corrected chi connectivity index (χ3v) is 2.02. The van der Waals surface area contributed by atoms with Crippen LogP contribution in [0.4, 0.5) is 0 Å². The molecule has 4 nitrogen and oxygen atoms in total. The predicted molar refractivity (Wildman–Crippen MR) is 63.1 cm³/mol. The first-order chi connectivity index (χ1) is 8.04. The Morgan fingerprint density at radius 2 is 1.76 bits per heavy atom. The lowest BCUT2D eigenvalue weighted by atomic mass is 10.1. The van der Waals surface area contributed by atoms with Gasteiger partial charge in [-0.05, 0) is 26.0 Å². The largest absolute Gasteiger partial charge is 0.512 e. The molecule has 0 aliphatic carbocycles. The molecule has 90 valence electrons. The van der Waals surface area contributed by atoms with Crippen LogP contribution in [0.15, 0.2) is 36.1 Å². The lowest BCUT2D eigenvalue weighted by Crippen LogP contribution is -2.05. The molecule has 0 saturated heterocycles. The Morgan fingerprint density at radius 1 is 1.24 bits per heavy atom. The van der Waals surface area contributed by atoms with E-state index in [9.17, 15) is 9.59 Å². The Balaban J connectivity index is 2.85. The van der Waals surface area contributed by atoms with Gasteiger partial charge in [0.1, 0.15) is 0 Å². The number of aliphatic hydroxyl groups is 1. The predicted octanol–water partition coefficient (Wildman–Crippen LogP) is 2.51. The van der Waals surface area contributed by atoms with Crippen LogP contribution in [0.5, 0.6) is 0 Å². The molecule has 0 amide bonds. The third kappa shape index (κ3) is 3.75. The van der Waals surface area contributed by atoms with Gasteiger partial charge in [-0.15, -0.1) is 0 Å². The van der Waals surface area contributed by atoms with E-state index in [2.05, 4.69) is 0 Å². The van der Waals surface area contributed by atoms with Crippen LogP contribution in [0, 0.1) is 0 Å². The Kier molecular flexibility index (Phi) is 4.46. The van der Waals surface area contributed by atoms with Gasteiger partial charge in [0.2, 0.25) is 0 Å². The van der Waals surface area contributed by atoms with Crippen LogP contribution >= 0.6 is 0 Å². The number of carbonyl (C=O) groups is 2. The zero-order chi connectivity index (χ0) is 12.8. The molecule has 0 saturated carbocycles. The molecule has 0 aromatic heterocycles. The smallest absolute Gasteiger partial charge is 0.338 e. The number of carbonyl (C=O) groups excluding carboxylic acids is 2. The van der Waals surface area contributed by atoms with Crippen LogP contribution in [0.2, 0.25) is 0 Å². The number of hydrogen-bond acceptors (Lipinski definition) is 4. The third-order valence-electron chi connectivity index (χ3n) is 2.02. The summed E-state index contributed by atoms with van der Waals surface area (Å²) in [4.78, 5) is 22.9. The van der Waals surface area contributed by atoms with E-state index in [1.165, 1.54) is 31.2 Å². The Hall–Kier alpha value is -2.10. The highest BCUT2D eigenvalue weighted by Gasteiger charge is 2.08. The van der Waals surface area contributed by atoms with Gasteiger partial charge in [0, 0.05) is 11.6 Å². The minimum Gasteiger partial charge on any atom is -0.512 e. The maximum Gasteiger partial charge on any atom is 0.338 e. The van der Waals surface area contributed by atoms with Crippen molar-refractivity contribution in [3.05, 3.63) is 47.2 Å². The average molecular weight is 234 g/mol. The summed E-state index contributed by atoms with van der Waals surface area (Å²) in [5.74, 6) is -0.773. The van der Waals surface area contributed by atoms with Crippen LogP contribution in [0.25, 0.3) is 0 Å². The Labute approximate surface area is 99.5 Å². The van der Waals surface area contributed by atoms with Gasteiger partial charge in [0.15, 0.2) is 5.78 Å². The van der Waals surface area contributed by atoms with Crippen LogP contribution in [0.3, 0.4) is 0 Å². The molecule has 0 heterocycles. The summed E-state index contributed by atoms with van der Waals surface area (Å²) >= 11 is 0. The number of esters is 1. The monoisotopic (exact) mass is 234 g/mol. The second-order valence-corrected chi connectivity index (χ2v) is 3.45. The summed E-state index contributed by atoms with van der Waals surface area (Å²) < 4.78 is 4.82. The number of allylic oxidation sites excluding steroid dienone is 2. The van der Waals surface area contributed by atoms with Crippen LogP contribution in [-0.4, -0.2) is 23.5 Å². The summed E-state index contributed by atoms with van der Waals surface area (Å²) in [6.07, 6.45) is 1.12. The summed E-state index contributed by atoms with van der Waals surface area (Å²) in [5.41, 5.74) is 0.805. The van der Waals surface area contributed by atoms with Crippen molar-refractivity contribution < 1.29 is 19.4 Å². The van der Waals surface area contributed by atoms with Crippen molar-refractivity contribution in [2.45, 2.75) is 13.8 Å². The first-order valence-corrected chi connectivity index (χ1v) is 5.23. The Morgan fingerprint density at radius 3 is 2.24 bits per heavy atom. The zero-order valence-corrected chi connectivity index (χ0v) is 9.77. The van der Waals surface area contributed by atoms with Crippen molar-refractivity contribution in [2.75, 3.05) is 6.61 Å². The van der Waals surface area contributed by atoms with E-state index in [1.54, 1.807) is 6.92 Å². The van der Waals surface area contributed by atoms with Crippen molar-refractivity contribution in [1.29, 1.82) is 0 Å². The standard InChI is InChI=1S/C13H14O4/c1-3-17-13(16)11-6-4-10(5-7-11)12(15)8-9(2)14/h4-8,14H,3H2,1-2H3/b9-8-. The number of aliphatic hydroxyl groups excluding tert-OH is 1. The average Bonchev–Trinajstić information content (AvgIpc) is 2.28. The molecule has 0 unspecified atom stereocenters. The number of ether oxygens (including phenoxy) is 1. The molecule has 4 heteroatoms. The molecule has 0 fully saturated rings. The van der Waals surface area contributed by atoms with Crippen molar-refractivity contribution >= 4 is 11.8 Å². The molecule has 1 aromatic carbocycles. The van der Waals surface area contributed by atoms with Gasteiger partial charge in [-0.2, -0.15) is 0 Å². The van der Waals surface area contributed by atoms with Gasteiger partial charge in [0.05, 0.1) is 17.9 Å². The molecule has 1 N–H and O–H groups in total. The van der Waals surface area contributed by atoms with E-state index in [0.29, 0.717) is 17.7 Å². The summed E-state index contributed by atoms with van der Waals surface area (Å²) in [6, 6.07) is 6.08. The fourth-order valence-electron chi connectivity index (χ4n) is 1.26. The SMILES string of the molecule is CCOC(=O)c1ccc(C(=O)/C=C(/C)O)cc1. The van der Waals surface area contributed by atoms with Crippen LogP contribution < -0.4 is 0 Å². The molecular weight excluding hydrogens is 220 g/mol. The fraction of sp³-hybridized carbons (Fsp3) is 0.231. The quantitative estimate of drug-likeness (QED) is 0.376. The number of benzene rings is 1. The van der Waals surface area contributed by atoms with Crippen molar-refractivity contribution in [3.63, 3.8) is 0 Å². The van der Waals surface area contributed by atoms with Crippen molar-refractivity contribution in [2.24, 2.45) is 0 Å². The highest BCUT2D eigenvalue weighted by Crippen LogP contribution is 2.08.